The molecule has 5 heteroatoms. The Morgan fingerprint density at radius 2 is 2.22 bits per heavy atom. The Morgan fingerprint density at radius 3 is 3.00 bits per heavy atom. The van der Waals surface area contributed by atoms with E-state index in [1.54, 1.807) is 0 Å². The van der Waals surface area contributed by atoms with Crippen molar-refractivity contribution in [3.05, 3.63) is 29.3 Å². The van der Waals surface area contributed by atoms with Gasteiger partial charge in [0, 0.05) is 19.5 Å². The Kier molecular flexibility index (Phi) is 2.63. The van der Waals surface area contributed by atoms with E-state index in [4.69, 9.17) is 0 Å². The zero-order valence-electron chi connectivity index (χ0n) is 10.6. The molecular weight excluding hydrogens is 228 g/mol. The molecule has 1 aliphatic rings. The number of rotatable bonds is 1. The first kappa shape index (κ1) is 11.3. The fourth-order valence-electron chi connectivity index (χ4n) is 2.49. The van der Waals surface area contributed by atoms with Crippen LogP contribution in [0.4, 0.5) is 0 Å². The first-order valence-corrected chi connectivity index (χ1v) is 6.23. The molecule has 1 unspecified atom stereocenters. The van der Waals surface area contributed by atoms with E-state index in [9.17, 15) is 4.79 Å². The third kappa shape index (κ3) is 1.71. The molecule has 3 heterocycles. The number of hydrogen-bond donors (Lipinski definition) is 1. The number of aromatic nitrogens is 3. The summed E-state index contributed by atoms with van der Waals surface area (Å²) in [6.45, 7) is 5.33. The number of aryl methyl sites for hydroxylation is 2. The molecule has 1 saturated heterocycles. The molecule has 0 bridgehead atoms. The Morgan fingerprint density at radius 1 is 1.39 bits per heavy atom. The molecular formula is C13H16N4O. The van der Waals surface area contributed by atoms with Gasteiger partial charge in [-0.1, -0.05) is 0 Å². The predicted octanol–water partition coefficient (Wildman–Crippen LogP) is 0.992. The van der Waals surface area contributed by atoms with Crippen molar-refractivity contribution in [1.29, 1.82) is 0 Å². The first-order valence-electron chi connectivity index (χ1n) is 6.23. The summed E-state index contributed by atoms with van der Waals surface area (Å²) in [5.74, 6) is 0.975. The van der Waals surface area contributed by atoms with Gasteiger partial charge in [0.1, 0.15) is 11.6 Å². The normalized spacial score (nSPS) is 20.6. The summed E-state index contributed by atoms with van der Waals surface area (Å²) in [6.07, 6.45) is 0.585. The van der Waals surface area contributed by atoms with Gasteiger partial charge in [0.25, 0.3) is 0 Å². The topological polar surface area (TPSA) is 59.3 Å². The molecule has 2 aromatic rings. The van der Waals surface area contributed by atoms with E-state index in [2.05, 4.69) is 15.4 Å². The number of fused-ring (bicyclic) bond motifs is 1. The summed E-state index contributed by atoms with van der Waals surface area (Å²) in [7, 11) is 0. The van der Waals surface area contributed by atoms with Crippen LogP contribution in [0.15, 0.2) is 12.1 Å². The summed E-state index contributed by atoms with van der Waals surface area (Å²) >= 11 is 0. The molecule has 2 aromatic heterocycles. The maximum Gasteiger partial charge on any atom is 0.144 e. The van der Waals surface area contributed by atoms with Crippen LogP contribution in [0.3, 0.4) is 0 Å². The van der Waals surface area contributed by atoms with E-state index in [1.807, 2.05) is 30.5 Å². The number of Topliss-reactive ketones (excluding diaryl/α,β-unsaturated/α-hetero) is 1. The fraction of sp³-hybridized carbons (Fsp3) is 0.462. The monoisotopic (exact) mass is 244 g/mol. The molecule has 18 heavy (non-hydrogen) atoms. The highest BCUT2D eigenvalue weighted by atomic mass is 16.1. The Labute approximate surface area is 105 Å². The predicted molar refractivity (Wildman–Crippen MR) is 67.7 cm³/mol. The Bertz CT molecular complexity index is 617. The minimum absolute atomic E-state index is 0.132. The van der Waals surface area contributed by atoms with E-state index < -0.39 is 0 Å². The second kappa shape index (κ2) is 4.17. The van der Waals surface area contributed by atoms with E-state index in [0.717, 1.165) is 29.3 Å². The summed E-state index contributed by atoms with van der Waals surface area (Å²) in [5, 5.41) is 7.70. The average Bonchev–Trinajstić information content (AvgIpc) is 2.67. The zero-order chi connectivity index (χ0) is 12.7. The lowest BCUT2D eigenvalue weighted by atomic mass is 9.94. The van der Waals surface area contributed by atoms with Gasteiger partial charge in [-0.3, -0.25) is 4.79 Å². The summed E-state index contributed by atoms with van der Waals surface area (Å²) in [5.41, 5.74) is 2.75. The standard InChI is InChI=1S/C13H16N4O/c1-8-3-4-11-13(15-9(2)17(11)16-8)10-7-14-6-5-12(10)18/h3-4,10,14H,5-7H2,1-2H3. The number of imidazole rings is 1. The van der Waals surface area contributed by atoms with Gasteiger partial charge < -0.3 is 5.32 Å². The highest BCUT2D eigenvalue weighted by Gasteiger charge is 2.28. The quantitative estimate of drug-likeness (QED) is 0.812. The van der Waals surface area contributed by atoms with E-state index in [-0.39, 0.29) is 11.7 Å². The Hall–Kier alpha value is -1.75. The SMILES string of the molecule is Cc1ccc2c(C3CNCCC3=O)nc(C)n2n1. The highest BCUT2D eigenvalue weighted by molar-refractivity contribution is 5.88. The Balaban J connectivity index is 2.14. The number of carbonyl (C=O) groups is 1. The fourth-order valence-corrected chi connectivity index (χ4v) is 2.49. The van der Waals surface area contributed by atoms with Gasteiger partial charge in [0.2, 0.25) is 0 Å². The molecule has 0 radical (unpaired) electrons. The number of hydrogen-bond acceptors (Lipinski definition) is 4. The lowest BCUT2D eigenvalue weighted by molar-refractivity contribution is -0.121. The molecule has 0 spiro atoms. The second-order valence-corrected chi connectivity index (χ2v) is 4.79. The van der Waals surface area contributed by atoms with Crippen LogP contribution in [0.2, 0.25) is 0 Å². The van der Waals surface area contributed by atoms with Crippen molar-refractivity contribution in [2.75, 3.05) is 13.1 Å². The highest BCUT2D eigenvalue weighted by Crippen LogP contribution is 2.24. The summed E-state index contributed by atoms with van der Waals surface area (Å²) < 4.78 is 1.83. The van der Waals surface area contributed by atoms with Crippen molar-refractivity contribution in [3.8, 4) is 0 Å². The van der Waals surface area contributed by atoms with Crippen molar-refractivity contribution in [1.82, 2.24) is 19.9 Å². The zero-order valence-corrected chi connectivity index (χ0v) is 10.6. The van der Waals surface area contributed by atoms with E-state index >= 15 is 0 Å². The molecule has 0 aliphatic carbocycles. The summed E-state index contributed by atoms with van der Waals surface area (Å²) in [6, 6.07) is 3.96. The smallest absolute Gasteiger partial charge is 0.144 e. The van der Waals surface area contributed by atoms with Crippen LogP contribution in [0.1, 0.15) is 29.6 Å². The lowest BCUT2D eigenvalue weighted by Crippen LogP contribution is -2.35. The number of nitrogens with one attached hydrogen (secondary N) is 1. The van der Waals surface area contributed by atoms with E-state index in [0.29, 0.717) is 13.0 Å². The van der Waals surface area contributed by atoms with Gasteiger partial charge in [-0.05, 0) is 26.0 Å². The minimum atomic E-state index is -0.132. The van der Waals surface area contributed by atoms with Crippen LogP contribution in [-0.4, -0.2) is 33.5 Å². The third-order valence-electron chi connectivity index (χ3n) is 3.43. The van der Waals surface area contributed by atoms with Gasteiger partial charge in [-0.15, -0.1) is 0 Å². The molecule has 3 rings (SSSR count). The van der Waals surface area contributed by atoms with Crippen LogP contribution in [0.25, 0.3) is 5.52 Å². The average molecular weight is 244 g/mol. The molecule has 1 fully saturated rings. The van der Waals surface area contributed by atoms with E-state index in [1.165, 1.54) is 0 Å². The van der Waals surface area contributed by atoms with Crippen LogP contribution < -0.4 is 5.32 Å². The maximum absolute atomic E-state index is 12.0. The lowest BCUT2D eigenvalue weighted by Gasteiger charge is -2.20. The second-order valence-electron chi connectivity index (χ2n) is 4.79. The molecule has 0 aromatic carbocycles. The maximum atomic E-state index is 12.0. The van der Waals surface area contributed by atoms with Crippen molar-refractivity contribution in [3.63, 3.8) is 0 Å². The number of ketones is 1. The van der Waals surface area contributed by atoms with Crippen LogP contribution in [0.5, 0.6) is 0 Å². The van der Waals surface area contributed by atoms with Gasteiger partial charge in [-0.2, -0.15) is 5.10 Å². The van der Waals surface area contributed by atoms with Crippen LogP contribution in [0, 0.1) is 13.8 Å². The van der Waals surface area contributed by atoms with Crippen LogP contribution in [-0.2, 0) is 4.79 Å². The molecule has 1 atom stereocenters. The minimum Gasteiger partial charge on any atom is -0.315 e. The van der Waals surface area contributed by atoms with Crippen molar-refractivity contribution < 1.29 is 4.79 Å². The molecule has 0 amide bonds. The molecule has 5 nitrogen and oxygen atoms in total. The van der Waals surface area contributed by atoms with Gasteiger partial charge in [0.05, 0.1) is 22.8 Å². The van der Waals surface area contributed by atoms with Gasteiger partial charge >= 0.3 is 0 Å². The number of carbonyl (C=O) groups excluding carboxylic acids is 1. The molecule has 0 saturated carbocycles. The van der Waals surface area contributed by atoms with Crippen molar-refractivity contribution in [2.24, 2.45) is 0 Å². The first-order chi connectivity index (χ1) is 8.66. The number of nitrogens with zero attached hydrogens (tertiary/aromatic N) is 3. The molecule has 94 valence electrons. The van der Waals surface area contributed by atoms with Gasteiger partial charge in [-0.25, -0.2) is 9.50 Å². The third-order valence-corrected chi connectivity index (χ3v) is 3.43. The van der Waals surface area contributed by atoms with Gasteiger partial charge in [0.15, 0.2) is 0 Å². The number of piperidine rings is 1. The summed E-state index contributed by atoms with van der Waals surface area (Å²) in [4.78, 5) is 16.5. The van der Waals surface area contributed by atoms with Crippen LogP contribution >= 0.6 is 0 Å². The van der Waals surface area contributed by atoms with Crippen molar-refractivity contribution in [2.45, 2.75) is 26.2 Å². The van der Waals surface area contributed by atoms with Crippen molar-refractivity contribution >= 4 is 11.3 Å². The molecule has 1 aliphatic heterocycles. The largest absolute Gasteiger partial charge is 0.315 e. The molecule has 1 N–H and O–H groups in total.